The highest BCUT2D eigenvalue weighted by Gasteiger charge is 2.18. The molecule has 5 nitrogen and oxygen atoms in total. The van der Waals surface area contributed by atoms with E-state index in [0.717, 1.165) is 5.65 Å². The Morgan fingerprint density at radius 3 is 2.82 bits per heavy atom. The van der Waals surface area contributed by atoms with Gasteiger partial charge in [0.1, 0.15) is 0 Å². The van der Waals surface area contributed by atoms with Gasteiger partial charge in [0, 0.05) is 6.20 Å². The first-order valence-electron chi connectivity index (χ1n) is 6.67. The van der Waals surface area contributed by atoms with Crippen LogP contribution in [0.5, 0.6) is 0 Å². The summed E-state index contributed by atoms with van der Waals surface area (Å²) in [5.41, 5.74) is 1.36. The van der Waals surface area contributed by atoms with E-state index >= 15 is 0 Å². The SMILES string of the molecule is CC(Sc1nnc2ccccn12)C(=O)Nc1ccccc1Cl. The van der Waals surface area contributed by atoms with E-state index in [1.165, 1.54) is 11.8 Å². The fourth-order valence-corrected chi connectivity index (χ4v) is 2.93. The first-order chi connectivity index (χ1) is 10.6. The molecule has 112 valence electrons. The number of carbonyl (C=O) groups excluding carboxylic acids is 1. The molecule has 1 N–H and O–H groups in total. The third-order valence-electron chi connectivity index (χ3n) is 3.07. The Balaban J connectivity index is 1.73. The minimum Gasteiger partial charge on any atom is -0.324 e. The predicted octanol–water partition coefficient (Wildman–Crippen LogP) is 3.50. The largest absolute Gasteiger partial charge is 0.324 e. The molecular weight excluding hydrogens is 320 g/mol. The van der Waals surface area contributed by atoms with Gasteiger partial charge in [-0.05, 0) is 31.2 Å². The number of pyridine rings is 1. The maximum absolute atomic E-state index is 12.3. The van der Waals surface area contributed by atoms with Crippen molar-refractivity contribution in [1.82, 2.24) is 14.6 Å². The molecule has 0 fully saturated rings. The Kier molecular flexibility index (Phi) is 4.31. The molecule has 22 heavy (non-hydrogen) atoms. The van der Waals surface area contributed by atoms with E-state index in [9.17, 15) is 4.79 Å². The van der Waals surface area contributed by atoms with Crippen LogP contribution in [0.1, 0.15) is 6.92 Å². The second kappa shape index (κ2) is 6.37. The van der Waals surface area contributed by atoms with Gasteiger partial charge in [-0.3, -0.25) is 9.20 Å². The van der Waals surface area contributed by atoms with Crippen LogP contribution < -0.4 is 5.32 Å². The van der Waals surface area contributed by atoms with E-state index in [1.807, 2.05) is 47.9 Å². The van der Waals surface area contributed by atoms with Crippen LogP contribution in [0.4, 0.5) is 5.69 Å². The van der Waals surface area contributed by atoms with Crippen molar-refractivity contribution >= 4 is 40.6 Å². The highest BCUT2D eigenvalue weighted by atomic mass is 35.5. The van der Waals surface area contributed by atoms with Crippen LogP contribution in [-0.4, -0.2) is 25.8 Å². The first kappa shape index (κ1) is 14.9. The van der Waals surface area contributed by atoms with E-state index in [-0.39, 0.29) is 11.2 Å². The van der Waals surface area contributed by atoms with Crippen LogP contribution in [0.25, 0.3) is 5.65 Å². The number of rotatable bonds is 4. The van der Waals surface area contributed by atoms with Gasteiger partial charge in [0.2, 0.25) is 5.91 Å². The van der Waals surface area contributed by atoms with Crippen molar-refractivity contribution in [2.24, 2.45) is 0 Å². The van der Waals surface area contributed by atoms with Crippen LogP contribution in [-0.2, 0) is 4.79 Å². The number of amides is 1. The van der Waals surface area contributed by atoms with E-state index in [4.69, 9.17) is 11.6 Å². The highest BCUT2D eigenvalue weighted by Crippen LogP contribution is 2.25. The van der Waals surface area contributed by atoms with Crippen LogP contribution in [0.15, 0.2) is 53.8 Å². The summed E-state index contributed by atoms with van der Waals surface area (Å²) in [6, 6.07) is 12.8. The Bertz CT molecular complexity index is 820. The minimum absolute atomic E-state index is 0.134. The topological polar surface area (TPSA) is 59.3 Å². The third-order valence-corrected chi connectivity index (χ3v) is 4.45. The maximum Gasteiger partial charge on any atom is 0.237 e. The monoisotopic (exact) mass is 332 g/mol. The molecule has 0 aliphatic heterocycles. The minimum atomic E-state index is -0.330. The van der Waals surface area contributed by atoms with E-state index < -0.39 is 0 Å². The molecule has 1 atom stereocenters. The maximum atomic E-state index is 12.3. The van der Waals surface area contributed by atoms with Gasteiger partial charge in [0.05, 0.1) is 16.0 Å². The van der Waals surface area contributed by atoms with Crippen LogP contribution in [0, 0.1) is 0 Å². The molecule has 3 rings (SSSR count). The van der Waals surface area contributed by atoms with Gasteiger partial charge >= 0.3 is 0 Å². The second-order valence-corrected chi connectivity index (χ2v) is 6.36. The molecule has 2 aromatic heterocycles. The molecule has 0 aliphatic carbocycles. The third kappa shape index (κ3) is 3.08. The average Bonchev–Trinajstić information content (AvgIpc) is 2.93. The fourth-order valence-electron chi connectivity index (χ4n) is 1.91. The Labute approximate surface area is 136 Å². The van der Waals surface area contributed by atoms with Crippen LogP contribution in [0.2, 0.25) is 5.02 Å². The van der Waals surface area contributed by atoms with Crippen molar-refractivity contribution in [3.63, 3.8) is 0 Å². The van der Waals surface area contributed by atoms with Gasteiger partial charge < -0.3 is 5.32 Å². The summed E-state index contributed by atoms with van der Waals surface area (Å²) >= 11 is 7.39. The van der Waals surface area contributed by atoms with Crippen molar-refractivity contribution in [2.45, 2.75) is 17.3 Å². The molecule has 1 aromatic carbocycles. The summed E-state index contributed by atoms with van der Waals surface area (Å²) in [6.45, 7) is 1.82. The quantitative estimate of drug-likeness (QED) is 0.743. The van der Waals surface area contributed by atoms with Gasteiger partial charge in [-0.15, -0.1) is 10.2 Å². The van der Waals surface area contributed by atoms with Crippen LogP contribution in [0.3, 0.4) is 0 Å². The Morgan fingerprint density at radius 2 is 2.00 bits per heavy atom. The van der Waals surface area contributed by atoms with Gasteiger partial charge in [0.15, 0.2) is 10.8 Å². The Morgan fingerprint density at radius 1 is 1.23 bits per heavy atom. The van der Waals surface area contributed by atoms with Crippen molar-refractivity contribution < 1.29 is 4.79 Å². The molecule has 0 aliphatic rings. The molecular formula is C15H13ClN4OS. The summed E-state index contributed by atoms with van der Waals surface area (Å²) in [5, 5.41) is 11.9. The van der Waals surface area contributed by atoms with Crippen molar-refractivity contribution in [3.8, 4) is 0 Å². The van der Waals surface area contributed by atoms with Crippen molar-refractivity contribution in [2.75, 3.05) is 5.32 Å². The summed E-state index contributed by atoms with van der Waals surface area (Å²) in [6.07, 6.45) is 1.87. The lowest BCUT2D eigenvalue weighted by atomic mass is 10.3. The number of anilines is 1. The standard InChI is InChI=1S/C15H13ClN4OS/c1-10(14(21)17-12-7-3-2-6-11(12)16)22-15-19-18-13-8-4-5-9-20(13)15/h2-10H,1H3,(H,17,21). The smallest absolute Gasteiger partial charge is 0.237 e. The molecule has 7 heteroatoms. The number of para-hydroxylation sites is 1. The fraction of sp³-hybridized carbons (Fsp3) is 0.133. The lowest BCUT2D eigenvalue weighted by Gasteiger charge is -2.11. The average molecular weight is 333 g/mol. The Hall–Kier alpha value is -2.05. The van der Waals surface area contributed by atoms with Crippen molar-refractivity contribution in [1.29, 1.82) is 0 Å². The summed E-state index contributed by atoms with van der Waals surface area (Å²) < 4.78 is 1.85. The number of hydrogen-bond donors (Lipinski definition) is 1. The summed E-state index contributed by atoms with van der Waals surface area (Å²) in [5.74, 6) is -0.134. The van der Waals surface area contributed by atoms with Crippen LogP contribution >= 0.6 is 23.4 Å². The number of nitrogens with one attached hydrogen (secondary N) is 1. The number of benzene rings is 1. The molecule has 0 radical (unpaired) electrons. The number of nitrogens with zero attached hydrogens (tertiary/aromatic N) is 3. The number of halogens is 1. The van der Waals surface area contributed by atoms with Gasteiger partial charge in [0.25, 0.3) is 0 Å². The van der Waals surface area contributed by atoms with Gasteiger partial charge in [-0.1, -0.05) is 41.6 Å². The lowest BCUT2D eigenvalue weighted by Crippen LogP contribution is -2.22. The number of thioether (sulfide) groups is 1. The molecule has 2 heterocycles. The van der Waals surface area contributed by atoms with Crippen molar-refractivity contribution in [3.05, 3.63) is 53.7 Å². The highest BCUT2D eigenvalue weighted by molar-refractivity contribution is 8.00. The number of aromatic nitrogens is 3. The number of hydrogen-bond acceptors (Lipinski definition) is 4. The van der Waals surface area contributed by atoms with Gasteiger partial charge in [-0.2, -0.15) is 0 Å². The lowest BCUT2D eigenvalue weighted by molar-refractivity contribution is -0.115. The molecule has 0 saturated carbocycles. The molecule has 0 bridgehead atoms. The van der Waals surface area contributed by atoms with E-state index in [2.05, 4.69) is 15.5 Å². The molecule has 1 amide bonds. The summed E-state index contributed by atoms with van der Waals surface area (Å²) in [7, 11) is 0. The molecule has 3 aromatic rings. The zero-order valence-electron chi connectivity index (χ0n) is 11.7. The number of carbonyl (C=O) groups is 1. The zero-order chi connectivity index (χ0) is 15.5. The number of fused-ring (bicyclic) bond motifs is 1. The second-order valence-electron chi connectivity index (χ2n) is 4.64. The van der Waals surface area contributed by atoms with Gasteiger partial charge in [-0.25, -0.2) is 0 Å². The molecule has 0 saturated heterocycles. The summed E-state index contributed by atoms with van der Waals surface area (Å²) in [4.78, 5) is 12.3. The van der Waals surface area contributed by atoms with E-state index in [1.54, 1.807) is 12.1 Å². The predicted molar refractivity (Wildman–Crippen MR) is 88.4 cm³/mol. The molecule has 1 unspecified atom stereocenters. The first-order valence-corrected chi connectivity index (χ1v) is 7.93. The molecule has 0 spiro atoms. The normalized spacial score (nSPS) is 12.3. The van der Waals surface area contributed by atoms with E-state index in [0.29, 0.717) is 15.9 Å². The zero-order valence-corrected chi connectivity index (χ0v) is 13.3.